The minimum Gasteiger partial charge on any atom is -0.354 e. The van der Waals surface area contributed by atoms with Crippen molar-refractivity contribution in [2.45, 2.75) is 46.7 Å². The molecule has 1 aromatic carbocycles. The lowest BCUT2D eigenvalue weighted by Gasteiger charge is -2.28. The molecule has 0 radical (unpaired) electrons. The number of nitrogens with one attached hydrogen (secondary N) is 1. The van der Waals surface area contributed by atoms with Crippen molar-refractivity contribution >= 4 is 11.8 Å². The second kappa shape index (κ2) is 8.51. The summed E-state index contributed by atoms with van der Waals surface area (Å²) in [5.74, 6) is -0.425. The van der Waals surface area contributed by atoms with Gasteiger partial charge in [-0.2, -0.15) is 0 Å². The Morgan fingerprint density at radius 1 is 1.23 bits per heavy atom. The highest BCUT2D eigenvalue weighted by Crippen LogP contribution is 2.14. The molecule has 0 aliphatic heterocycles. The predicted octanol–water partition coefficient (Wildman–Crippen LogP) is 2.73. The number of nitrogens with zero attached hydrogens (tertiary/aromatic N) is 1. The van der Waals surface area contributed by atoms with Gasteiger partial charge in [0.15, 0.2) is 0 Å². The van der Waals surface area contributed by atoms with E-state index in [1.165, 1.54) is 11.0 Å². The van der Waals surface area contributed by atoms with Crippen molar-refractivity contribution in [1.82, 2.24) is 10.2 Å². The van der Waals surface area contributed by atoms with Crippen LogP contribution in [0.3, 0.4) is 0 Å². The fourth-order valence-electron chi connectivity index (χ4n) is 2.05. The first-order valence-corrected chi connectivity index (χ1v) is 7.67. The van der Waals surface area contributed by atoms with Gasteiger partial charge in [-0.15, -0.1) is 0 Å². The van der Waals surface area contributed by atoms with E-state index in [9.17, 15) is 14.0 Å². The molecule has 2 amide bonds. The number of hydrogen-bond donors (Lipinski definition) is 1. The first-order chi connectivity index (χ1) is 10.4. The summed E-state index contributed by atoms with van der Waals surface area (Å²) >= 11 is 0. The van der Waals surface area contributed by atoms with Gasteiger partial charge < -0.3 is 10.2 Å². The Labute approximate surface area is 131 Å². The molecule has 0 aromatic heterocycles. The Hall–Kier alpha value is -1.91. The molecule has 0 spiro atoms. The molecule has 1 N–H and O–H groups in total. The molecule has 4 nitrogen and oxygen atoms in total. The normalized spacial score (nSPS) is 12.1. The van der Waals surface area contributed by atoms with Crippen LogP contribution in [0.5, 0.6) is 0 Å². The summed E-state index contributed by atoms with van der Waals surface area (Å²) in [4.78, 5) is 25.7. The van der Waals surface area contributed by atoms with E-state index in [0.29, 0.717) is 18.0 Å². The largest absolute Gasteiger partial charge is 0.354 e. The highest BCUT2D eigenvalue weighted by atomic mass is 19.1. The molecule has 1 aromatic rings. The van der Waals surface area contributed by atoms with E-state index in [-0.39, 0.29) is 30.6 Å². The molecule has 122 valence electrons. The van der Waals surface area contributed by atoms with Gasteiger partial charge in [0, 0.05) is 25.1 Å². The van der Waals surface area contributed by atoms with Crippen molar-refractivity contribution in [3.63, 3.8) is 0 Å². The molecule has 0 saturated carbocycles. The van der Waals surface area contributed by atoms with E-state index in [0.717, 1.165) is 0 Å². The monoisotopic (exact) mass is 308 g/mol. The van der Waals surface area contributed by atoms with Crippen LogP contribution in [0.2, 0.25) is 0 Å². The van der Waals surface area contributed by atoms with Gasteiger partial charge in [0.1, 0.15) is 11.9 Å². The van der Waals surface area contributed by atoms with Crippen LogP contribution in [-0.2, 0) is 16.1 Å². The second-order valence-electron chi connectivity index (χ2n) is 5.78. The zero-order chi connectivity index (χ0) is 16.7. The van der Waals surface area contributed by atoms with Gasteiger partial charge in [-0.1, -0.05) is 39.0 Å². The van der Waals surface area contributed by atoms with Crippen LogP contribution >= 0.6 is 0 Å². The summed E-state index contributed by atoms with van der Waals surface area (Å²) in [6, 6.07) is 5.67. The van der Waals surface area contributed by atoms with Crippen molar-refractivity contribution in [3.05, 3.63) is 35.6 Å². The lowest BCUT2D eigenvalue weighted by Crippen LogP contribution is -2.48. The first kappa shape index (κ1) is 18.1. The zero-order valence-electron chi connectivity index (χ0n) is 13.7. The lowest BCUT2D eigenvalue weighted by atomic mass is 10.1. The van der Waals surface area contributed by atoms with Crippen molar-refractivity contribution in [2.75, 3.05) is 6.54 Å². The maximum Gasteiger partial charge on any atom is 0.242 e. The summed E-state index contributed by atoms with van der Waals surface area (Å²) in [6.45, 7) is 8.05. The molecular weight excluding hydrogens is 283 g/mol. The van der Waals surface area contributed by atoms with Crippen LogP contribution in [0.1, 0.15) is 39.7 Å². The van der Waals surface area contributed by atoms with Crippen molar-refractivity contribution in [3.8, 4) is 0 Å². The Kier molecular flexibility index (Phi) is 7.02. The maximum absolute atomic E-state index is 13.8. The molecule has 0 heterocycles. The van der Waals surface area contributed by atoms with E-state index in [2.05, 4.69) is 5.32 Å². The van der Waals surface area contributed by atoms with E-state index >= 15 is 0 Å². The van der Waals surface area contributed by atoms with Crippen molar-refractivity contribution in [2.24, 2.45) is 5.92 Å². The first-order valence-electron chi connectivity index (χ1n) is 7.67. The van der Waals surface area contributed by atoms with E-state index < -0.39 is 6.04 Å². The fraction of sp³-hybridized carbons (Fsp3) is 0.529. The van der Waals surface area contributed by atoms with Gasteiger partial charge in [-0.05, 0) is 18.9 Å². The average molecular weight is 308 g/mol. The topological polar surface area (TPSA) is 49.4 Å². The van der Waals surface area contributed by atoms with Crippen LogP contribution in [0.25, 0.3) is 0 Å². The molecule has 1 rings (SSSR count). The quantitative estimate of drug-likeness (QED) is 0.842. The Morgan fingerprint density at radius 3 is 2.41 bits per heavy atom. The van der Waals surface area contributed by atoms with Crippen LogP contribution in [-0.4, -0.2) is 29.3 Å². The number of carbonyl (C=O) groups is 2. The number of halogens is 1. The summed E-state index contributed by atoms with van der Waals surface area (Å²) < 4.78 is 13.8. The third-order valence-electron chi connectivity index (χ3n) is 3.45. The third-order valence-corrected chi connectivity index (χ3v) is 3.45. The summed E-state index contributed by atoms with van der Waals surface area (Å²) in [5, 5.41) is 2.82. The zero-order valence-corrected chi connectivity index (χ0v) is 13.7. The maximum atomic E-state index is 13.8. The third kappa shape index (κ3) is 5.13. The van der Waals surface area contributed by atoms with Gasteiger partial charge in [-0.25, -0.2) is 4.39 Å². The Bertz CT molecular complexity index is 517. The minimum atomic E-state index is -0.634. The molecular formula is C17H25FN2O2. The van der Waals surface area contributed by atoms with E-state index in [1.54, 1.807) is 32.0 Å². The molecule has 0 saturated heterocycles. The molecule has 22 heavy (non-hydrogen) atoms. The Morgan fingerprint density at radius 2 is 1.86 bits per heavy atom. The van der Waals surface area contributed by atoms with Gasteiger partial charge in [0.2, 0.25) is 11.8 Å². The molecule has 0 bridgehead atoms. The molecule has 1 atom stereocenters. The number of benzene rings is 1. The average Bonchev–Trinajstić information content (AvgIpc) is 2.50. The minimum absolute atomic E-state index is 0.0929. The van der Waals surface area contributed by atoms with E-state index in [4.69, 9.17) is 0 Å². The van der Waals surface area contributed by atoms with Gasteiger partial charge in [-0.3, -0.25) is 9.59 Å². The Balaban J connectivity index is 2.86. The second-order valence-corrected chi connectivity index (χ2v) is 5.78. The van der Waals surface area contributed by atoms with Crippen LogP contribution in [0.4, 0.5) is 4.39 Å². The molecule has 0 fully saturated rings. The highest BCUT2D eigenvalue weighted by Gasteiger charge is 2.25. The highest BCUT2D eigenvalue weighted by molar-refractivity contribution is 5.87. The van der Waals surface area contributed by atoms with Gasteiger partial charge in [0.05, 0.1) is 0 Å². The summed E-state index contributed by atoms with van der Waals surface area (Å²) in [6.07, 6.45) is 0.274. The predicted molar refractivity (Wildman–Crippen MR) is 84.6 cm³/mol. The smallest absolute Gasteiger partial charge is 0.242 e. The van der Waals surface area contributed by atoms with Gasteiger partial charge in [0.25, 0.3) is 0 Å². The molecule has 5 heteroatoms. The number of hydrogen-bond acceptors (Lipinski definition) is 2. The molecule has 0 aliphatic rings. The van der Waals surface area contributed by atoms with E-state index in [1.807, 2.05) is 13.8 Å². The van der Waals surface area contributed by atoms with Crippen LogP contribution < -0.4 is 5.32 Å². The molecule has 0 aliphatic carbocycles. The van der Waals surface area contributed by atoms with Crippen molar-refractivity contribution < 1.29 is 14.0 Å². The molecule has 0 unspecified atom stereocenters. The van der Waals surface area contributed by atoms with Crippen LogP contribution in [0.15, 0.2) is 24.3 Å². The SMILES string of the molecule is CCC(=O)N(Cc1ccccc1F)[C@H](C)C(=O)NCC(C)C. The number of amides is 2. The summed E-state index contributed by atoms with van der Waals surface area (Å²) in [5.41, 5.74) is 0.410. The summed E-state index contributed by atoms with van der Waals surface area (Å²) in [7, 11) is 0. The standard InChI is InChI=1S/C17H25FN2O2/c1-5-16(21)20(11-14-8-6-7-9-15(14)18)13(4)17(22)19-10-12(2)3/h6-9,12-13H,5,10-11H2,1-4H3,(H,19,22)/t13-/m1/s1. The lowest BCUT2D eigenvalue weighted by molar-refractivity contribution is -0.140. The number of rotatable bonds is 7. The van der Waals surface area contributed by atoms with Crippen LogP contribution in [0, 0.1) is 11.7 Å². The van der Waals surface area contributed by atoms with Crippen molar-refractivity contribution in [1.29, 1.82) is 0 Å². The number of carbonyl (C=O) groups excluding carboxylic acids is 2. The van der Waals surface area contributed by atoms with Gasteiger partial charge >= 0.3 is 0 Å². The fourth-order valence-corrected chi connectivity index (χ4v) is 2.05.